The van der Waals surface area contributed by atoms with Gasteiger partial charge >= 0.3 is 11.9 Å². The summed E-state index contributed by atoms with van der Waals surface area (Å²) in [7, 11) is 0. The summed E-state index contributed by atoms with van der Waals surface area (Å²) in [5, 5.41) is 41.0. The molecule has 0 radical (unpaired) electrons. The van der Waals surface area contributed by atoms with Gasteiger partial charge in [0.05, 0.1) is 34.6 Å². The number of anilines is 2. The number of nitriles is 2. The Hall–Kier alpha value is -8.24. The van der Waals surface area contributed by atoms with Crippen LogP contribution in [0.5, 0.6) is 0 Å². The number of guanidine groups is 2. The maximum Gasteiger partial charge on any atom is 0.328 e. The quantitative estimate of drug-likeness (QED) is 0.0669. The number of nitrogens with zero attached hydrogens (tertiary/aromatic N) is 4. The van der Waals surface area contributed by atoms with E-state index in [-0.39, 0.29) is 23.0 Å². The molecule has 0 unspecified atom stereocenters. The van der Waals surface area contributed by atoms with E-state index in [1.807, 2.05) is 12.1 Å². The second kappa shape index (κ2) is 18.3. The Morgan fingerprint density at radius 3 is 1.31 bits per heavy atom. The minimum absolute atomic E-state index is 0.119. The third-order valence-electron chi connectivity index (χ3n) is 6.41. The average molecular weight is 699 g/mol. The van der Waals surface area contributed by atoms with Crippen LogP contribution in [0.15, 0.2) is 107 Å². The molecule has 4 aromatic rings. The van der Waals surface area contributed by atoms with E-state index in [1.165, 1.54) is 36.4 Å². The first kappa shape index (κ1) is 38.2. The predicted molar refractivity (Wildman–Crippen MR) is 195 cm³/mol. The number of aliphatic imine (C=N–C) groups is 2. The van der Waals surface area contributed by atoms with Crippen LogP contribution in [0.25, 0.3) is 12.2 Å². The van der Waals surface area contributed by atoms with E-state index >= 15 is 0 Å². The lowest BCUT2D eigenvalue weighted by Crippen LogP contribution is -2.22. The molecule has 2 amide bonds. The van der Waals surface area contributed by atoms with Crippen LogP contribution in [-0.4, -0.2) is 45.9 Å². The molecule has 16 heteroatoms. The number of amides is 2. The lowest BCUT2D eigenvalue weighted by atomic mass is 10.1. The summed E-state index contributed by atoms with van der Waals surface area (Å²) in [5.74, 6) is -3.29. The molecule has 4 rings (SSSR count). The molecule has 4 aromatic carbocycles. The number of carbonyl (C=O) groups excluding carboxylic acids is 2. The van der Waals surface area contributed by atoms with Gasteiger partial charge in [0.15, 0.2) is 11.9 Å². The highest BCUT2D eigenvalue weighted by Crippen LogP contribution is 2.21. The number of carbonyl (C=O) groups is 4. The van der Waals surface area contributed by atoms with Crippen molar-refractivity contribution in [2.45, 2.75) is 0 Å². The number of hydrogen-bond donors (Lipinski definition) is 8. The summed E-state index contributed by atoms with van der Waals surface area (Å²) in [5.41, 5.74) is 24.9. The fourth-order valence-corrected chi connectivity index (χ4v) is 4.21. The number of aliphatic carboxylic acids is 2. The predicted octanol–water partition coefficient (Wildman–Crippen LogP) is 3.63. The first-order chi connectivity index (χ1) is 24.8. The van der Waals surface area contributed by atoms with Crippen LogP contribution >= 0.6 is 0 Å². The summed E-state index contributed by atoms with van der Waals surface area (Å²) >= 11 is 0. The number of benzene rings is 4. The molecule has 0 aromatic heterocycles. The van der Waals surface area contributed by atoms with E-state index in [9.17, 15) is 29.7 Å². The molecule has 260 valence electrons. The van der Waals surface area contributed by atoms with Crippen LogP contribution in [-0.2, 0) is 9.59 Å². The molecule has 0 aliphatic carbocycles. The Bertz CT molecular complexity index is 2060. The maximum atomic E-state index is 12.4. The molecule has 16 nitrogen and oxygen atoms in total. The third kappa shape index (κ3) is 12.1. The van der Waals surface area contributed by atoms with E-state index < -0.39 is 23.8 Å². The second-order valence-electron chi connectivity index (χ2n) is 10.3. The smallest absolute Gasteiger partial charge is 0.328 e. The van der Waals surface area contributed by atoms with Crippen LogP contribution in [0.4, 0.5) is 22.7 Å². The van der Waals surface area contributed by atoms with E-state index in [0.29, 0.717) is 45.0 Å². The van der Waals surface area contributed by atoms with Crippen molar-refractivity contribution >= 4 is 70.6 Å². The SMILES string of the molecule is N#Cc1cc(NC(=O)c2cccc(N=C(N)N)c2)ccc1C=CC(=O)O.N#Cc1cc(NC(=O)c2cccc(N=C(N)N)c2)ccc1C=CC(=O)O. The van der Waals surface area contributed by atoms with E-state index in [2.05, 4.69) is 20.6 Å². The van der Waals surface area contributed by atoms with Crippen molar-refractivity contribution in [2.75, 3.05) is 10.6 Å². The first-order valence-electron chi connectivity index (χ1n) is 14.7. The fraction of sp³-hybridized carbons (Fsp3) is 0. The number of rotatable bonds is 10. The van der Waals surface area contributed by atoms with E-state index in [4.69, 9.17) is 33.1 Å². The van der Waals surface area contributed by atoms with Gasteiger partial charge in [0.25, 0.3) is 11.8 Å². The Kier molecular flexibility index (Phi) is 13.5. The van der Waals surface area contributed by atoms with Gasteiger partial charge in [-0.05, 0) is 83.9 Å². The minimum Gasteiger partial charge on any atom is -0.478 e. The highest BCUT2D eigenvalue weighted by atomic mass is 16.4. The van der Waals surface area contributed by atoms with Crippen LogP contribution < -0.4 is 33.6 Å². The highest BCUT2D eigenvalue weighted by Gasteiger charge is 2.10. The van der Waals surface area contributed by atoms with Gasteiger partial charge in [0, 0.05) is 34.7 Å². The summed E-state index contributed by atoms with van der Waals surface area (Å²) in [4.78, 5) is 53.6. The molecule has 52 heavy (non-hydrogen) atoms. The lowest BCUT2D eigenvalue weighted by molar-refractivity contribution is -0.132. The number of carboxylic acid groups (broad SMARTS) is 2. The molecule has 0 spiro atoms. The van der Waals surface area contributed by atoms with Gasteiger partial charge in [0.2, 0.25) is 0 Å². The summed E-state index contributed by atoms with van der Waals surface area (Å²) < 4.78 is 0. The van der Waals surface area contributed by atoms with Crippen molar-refractivity contribution in [2.24, 2.45) is 32.9 Å². The summed E-state index contributed by atoms with van der Waals surface area (Å²) in [6.07, 6.45) is 4.49. The molecule has 0 atom stereocenters. The summed E-state index contributed by atoms with van der Waals surface area (Å²) in [6.45, 7) is 0. The van der Waals surface area contributed by atoms with Crippen LogP contribution in [0.3, 0.4) is 0 Å². The van der Waals surface area contributed by atoms with Crippen molar-refractivity contribution in [1.82, 2.24) is 0 Å². The van der Waals surface area contributed by atoms with Gasteiger partial charge in [-0.2, -0.15) is 10.5 Å². The zero-order valence-electron chi connectivity index (χ0n) is 27.0. The molecule has 0 bridgehead atoms. The van der Waals surface area contributed by atoms with Gasteiger partial charge in [-0.15, -0.1) is 0 Å². The molecular weight excluding hydrogens is 668 g/mol. The number of carboxylic acids is 2. The van der Waals surface area contributed by atoms with Crippen molar-refractivity contribution in [1.29, 1.82) is 10.5 Å². The van der Waals surface area contributed by atoms with Crippen molar-refractivity contribution < 1.29 is 29.4 Å². The Labute approximate surface area is 296 Å². The highest BCUT2D eigenvalue weighted by molar-refractivity contribution is 6.06. The van der Waals surface area contributed by atoms with Crippen LogP contribution in [0, 0.1) is 22.7 Å². The van der Waals surface area contributed by atoms with Gasteiger partial charge in [0.1, 0.15) is 0 Å². The van der Waals surface area contributed by atoms with Gasteiger partial charge < -0.3 is 43.8 Å². The Morgan fingerprint density at radius 2 is 0.981 bits per heavy atom. The maximum absolute atomic E-state index is 12.4. The zero-order chi connectivity index (χ0) is 38.2. The summed E-state index contributed by atoms with van der Waals surface area (Å²) in [6, 6.07) is 25.9. The number of hydrogen-bond acceptors (Lipinski definition) is 8. The molecule has 0 aliphatic rings. The Morgan fingerprint density at radius 1 is 0.596 bits per heavy atom. The molecule has 0 aliphatic heterocycles. The molecule has 12 N–H and O–H groups in total. The number of nitrogens with one attached hydrogen (secondary N) is 2. The largest absolute Gasteiger partial charge is 0.478 e. The minimum atomic E-state index is -1.12. The lowest BCUT2D eigenvalue weighted by Gasteiger charge is -2.07. The molecule has 0 saturated heterocycles. The first-order valence-corrected chi connectivity index (χ1v) is 14.7. The normalized spacial score (nSPS) is 10.1. The topological polar surface area (TPSA) is 309 Å². The monoisotopic (exact) mass is 698 g/mol. The van der Waals surface area contributed by atoms with E-state index in [0.717, 1.165) is 12.2 Å². The molecule has 0 fully saturated rings. The molecular formula is C36H30N10O6. The number of nitrogens with two attached hydrogens (primary N) is 4. The van der Waals surface area contributed by atoms with Crippen LogP contribution in [0.2, 0.25) is 0 Å². The van der Waals surface area contributed by atoms with Crippen molar-refractivity contribution in [3.05, 3.63) is 130 Å². The van der Waals surface area contributed by atoms with Crippen molar-refractivity contribution in [3.8, 4) is 12.1 Å². The average Bonchev–Trinajstić information content (AvgIpc) is 3.10. The van der Waals surface area contributed by atoms with Gasteiger partial charge in [-0.25, -0.2) is 19.6 Å². The van der Waals surface area contributed by atoms with Gasteiger partial charge in [-0.3, -0.25) is 9.59 Å². The zero-order valence-corrected chi connectivity index (χ0v) is 27.0. The fourth-order valence-electron chi connectivity index (χ4n) is 4.21. The standard InChI is InChI=1S/2C18H15N5O3/c2*19-10-13-9-15(6-4-11(13)5-7-16(24)25)22-17(26)12-2-1-3-14(8-12)23-18(20)21/h2*1-9H,(H,22,26)(H,24,25)(H4,20,21,23). The Balaban J connectivity index is 0.000000280. The molecule has 0 saturated carbocycles. The third-order valence-corrected chi connectivity index (χ3v) is 6.41. The van der Waals surface area contributed by atoms with Crippen molar-refractivity contribution in [3.63, 3.8) is 0 Å². The second-order valence-corrected chi connectivity index (χ2v) is 10.3. The van der Waals surface area contributed by atoms with E-state index in [1.54, 1.807) is 60.7 Å². The van der Waals surface area contributed by atoms with Crippen LogP contribution in [0.1, 0.15) is 43.0 Å². The van der Waals surface area contributed by atoms with Gasteiger partial charge in [-0.1, -0.05) is 24.3 Å². The molecule has 0 heterocycles.